The number of nitro benzene ring substituents is 2. The molecule has 6 rings (SSSR count). The number of benzene rings is 4. The molecule has 0 amide bonds. The van der Waals surface area contributed by atoms with Crippen LogP contribution in [0, 0.1) is 27.2 Å². The Morgan fingerprint density at radius 3 is 1.79 bits per heavy atom. The molecule has 0 unspecified atom stereocenters. The normalized spacial score (nSPS) is 11.4. The molecule has 12 heteroatoms. The quantitative estimate of drug-likeness (QED) is 0.0992. The van der Waals surface area contributed by atoms with Crippen LogP contribution in [0.4, 0.5) is 11.4 Å². The van der Waals surface area contributed by atoms with Crippen molar-refractivity contribution in [3.05, 3.63) is 117 Å². The highest BCUT2D eigenvalue weighted by molar-refractivity contribution is 7.85. The molecule has 0 saturated carbocycles. The molecule has 194 valence electrons. The SMILES string of the molecule is Cc1ccc(S(=O)(=O)[O-])cc1.O=[N+]([O-])c1ccc(-[n+]2cc3ccc4cncc5ccc(c2)c3c45)c([N+](=O)[O-])c1. The van der Waals surface area contributed by atoms with Crippen LogP contribution in [0.5, 0.6) is 0 Å². The summed E-state index contributed by atoms with van der Waals surface area (Å²) in [5.41, 5.74) is 0.553. The summed E-state index contributed by atoms with van der Waals surface area (Å²) >= 11 is 0. The van der Waals surface area contributed by atoms with E-state index in [1.54, 1.807) is 29.1 Å². The van der Waals surface area contributed by atoms with Crippen LogP contribution in [0.2, 0.25) is 0 Å². The summed E-state index contributed by atoms with van der Waals surface area (Å²) in [5.74, 6) is 0. The lowest BCUT2D eigenvalue weighted by Gasteiger charge is -2.09. The Bertz CT molecular complexity index is 1950. The number of aromatic nitrogens is 2. The van der Waals surface area contributed by atoms with Gasteiger partial charge in [-0.3, -0.25) is 25.2 Å². The van der Waals surface area contributed by atoms with E-state index in [1.807, 2.05) is 43.6 Å². The van der Waals surface area contributed by atoms with E-state index in [2.05, 4.69) is 4.98 Å². The maximum atomic E-state index is 11.5. The highest BCUT2D eigenvalue weighted by Crippen LogP contribution is 2.33. The molecule has 0 fully saturated rings. The van der Waals surface area contributed by atoms with Gasteiger partial charge in [-0.2, -0.15) is 4.57 Å². The number of nitrogens with zero attached hydrogens (tertiary/aromatic N) is 4. The fourth-order valence-corrected chi connectivity index (χ4v) is 4.87. The molecule has 0 N–H and O–H groups in total. The van der Waals surface area contributed by atoms with Crippen molar-refractivity contribution < 1.29 is 27.4 Å². The first-order valence-corrected chi connectivity index (χ1v) is 12.8. The predicted molar refractivity (Wildman–Crippen MR) is 142 cm³/mol. The Morgan fingerprint density at radius 2 is 1.28 bits per heavy atom. The first-order valence-electron chi connectivity index (χ1n) is 11.4. The van der Waals surface area contributed by atoms with Gasteiger partial charge in [-0.05, 0) is 31.2 Å². The lowest BCUT2D eigenvalue weighted by Crippen LogP contribution is -2.30. The molecule has 0 spiro atoms. The summed E-state index contributed by atoms with van der Waals surface area (Å²) < 4.78 is 32.8. The number of non-ortho nitro benzene ring substituents is 1. The highest BCUT2D eigenvalue weighted by atomic mass is 32.2. The summed E-state index contributed by atoms with van der Waals surface area (Å²) in [5, 5.41) is 28.5. The number of aryl methyl sites for hydroxylation is 1. The standard InChI is InChI=1S/C20H11N4O4.C7H8O3S/c25-23(26)16-5-6-17(18(7-16)24(27)28)22-10-14-3-1-12-8-21-9-13-2-4-15(11-22)20(14)19(12)13;1-6-2-4-7(5-3-6)11(8,9)10/h1-11H;2-5H,1H3,(H,8,9,10)/q+1;/p-1. The number of pyridine rings is 2. The summed E-state index contributed by atoms with van der Waals surface area (Å²) in [6.07, 6.45) is 7.22. The Labute approximate surface area is 221 Å². The number of hydrogen-bond acceptors (Lipinski definition) is 8. The van der Waals surface area contributed by atoms with Gasteiger partial charge in [-0.25, -0.2) is 8.42 Å². The third-order valence-electron chi connectivity index (χ3n) is 6.23. The number of rotatable bonds is 4. The minimum Gasteiger partial charge on any atom is -0.744 e. The maximum Gasteiger partial charge on any atom is 0.347 e. The Balaban J connectivity index is 0.000000237. The van der Waals surface area contributed by atoms with Crippen LogP contribution in [-0.4, -0.2) is 27.8 Å². The van der Waals surface area contributed by atoms with Crippen molar-refractivity contribution >= 4 is 53.8 Å². The fourth-order valence-electron chi connectivity index (χ4n) is 4.40. The topological polar surface area (TPSA) is 160 Å². The summed E-state index contributed by atoms with van der Waals surface area (Å²) in [6.45, 7) is 1.82. The molecule has 6 aromatic rings. The van der Waals surface area contributed by atoms with Crippen molar-refractivity contribution in [2.75, 3.05) is 0 Å². The molecule has 0 saturated heterocycles. The van der Waals surface area contributed by atoms with Crippen molar-refractivity contribution in [1.29, 1.82) is 0 Å². The summed E-state index contributed by atoms with van der Waals surface area (Å²) in [7, 11) is -4.27. The van der Waals surface area contributed by atoms with Crippen molar-refractivity contribution in [2.24, 2.45) is 0 Å². The van der Waals surface area contributed by atoms with Crippen molar-refractivity contribution in [3.8, 4) is 5.69 Å². The molecule has 0 aliphatic rings. The van der Waals surface area contributed by atoms with Crippen LogP contribution >= 0.6 is 0 Å². The molecule has 0 aliphatic heterocycles. The highest BCUT2D eigenvalue weighted by Gasteiger charge is 2.27. The van der Waals surface area contributed by atoms with Gasteiger partial charge in [-0.15, -0.1) is 0 Å². The molecule has 11 nitrogen and oxygen atoms in total. The van der Waals surface area contributed by atoms with Gasteiger partial charge in [0.1, 0.15) is 16.2 Å². The van der Waals surface area contributed by atoms with E-state index in [1.165, 1.54) is 24.3 Å². The van der Waals surface area contributed by atoms with Crippen LogP contribution in [0.15, 0.2) is 96.4 Å². The lowest BCUT2D eigenvalue weighted by atomic mass is 9.97. The lowest BCUT2D eigenvalue weighted by molar-refractivity contribution is -0.598. The molecule has 0 radical (unpaired) electrons. The third-order valence-corrected chi connectivity index (χ3v) is 7.08. The second kappa shape index (κ2) is 9.67. The summed E-state index contributed by atoms with van der Waals surface area (Å²) in [4.78, 5) is 25.3. The Morgan fingerprint density at radius 1 is 0.744 bits per heavy atom. The first kappa shape index (κ1) is 25.6. The van der Waals surface area contributed by atoms with E-state index >= 15 is 0 Å². The minimum absolute atomic E-state index is 0.178. The molecule has 0 bridgehead atoms. The van der Waals surface area contributed by atoms with E-state index < -0.39 is 20.0 Å². The van der Waals surface area contributed by atoms with Crippen LogP contribution in [0.25, 0.3) is 38.0 Å². The molecular weight excluding hydrogens is 524 g/mol. The molecule has 4 aromatic carbocycles. The molecule has 0 atom stereocenters. The van der Waals surface area contributed by atoms with Gasteiger partial charge in [0.2, 0.25) is 0 Å². The van der Waals surface area contributed by atoms with Crippen LogP contribution in [-0.2, 0) is 10.1 Å². The molecule has 39 heavy (non-hydrogen) atoms. The third kappa shape index (κ3) is 4.93. The Kier molecular flexibility index (Phi) is 6.34. The van der Waals surface area contributed by atoms with E-state index in [0.29, 0.717) is 0 Å². The predicted octanol–water partition coefficient (Wildman–Crippen LogP) is 4.97. The zero-order chi connectivity index (χ0) is 27.9. The van der Waals surface area contributed by atoms with Gasteiger partial charge in [0, 0.05) is 56.8 Å². The number of nitro groups is 2. The molecule has 0 aliphatic carbocycles. The molecular formula is C27H18N4O7S. The molecule has 2 aromatic heterocycles. The van der Waals surface area contributed by atoms with Gasteiger partial charge in [0.05, 0.1) is 14.7 Å². The smallest absolute Gasteiger partial charge is 0.347 e. The molecule has 2 heterocycles. The zero-order valence-electron chi connectivity index (χ0n) is 20.2. The van der Waals surface area contributed by atoms with Gasteiger partial charge >= 0.3 is 5.69 Å². The second-order valence-corrected chi connectivity index (χ2v) is 10.1. The monoisotopic (exact) mass is 542 g/mol. The second-order valence-electron chi connectivity index (χ2n) is 8.77. The van der Waals surface area contributed by atoms with Crippen LogP contribution in [0.3, 0.4) is 0 Å². The largest absolute Gasteiger partial charge is 0.744 e. The van der Waals surface area contributed by atoms with Crippen LogP contribution < -0.4 is 4.57 Å². The maximum absolute atomic E-state index is 11.5. The fraction of sp³-hybridized carbons (Fsp3) is 0.0370. The average Bonchev–Trinajstić information content (AvgIpc) is 2.91. The van der Waals surface area contributed by atoms with Crippen molar-refractivity contribution in [3.63, 3.8) is 0 Å². The van der Waals surface area contributed by atoms with E-state index in [9.17, 15) is 33.2 Å². The van der Waals surface area contributed by atoms with E-state index in [0.717, 1.165) is 43.9 Å². The van der Waals surface area contributed by atoms with E-state index in [-0.39, 0.29) is 22.0 Å². The van der Waals surface area contributed by atoms with E-state index in [4.69, 9.17) is 0 Å². The zero-order valence-corrected chi connectivity index (χ0v) is 21.0. The number of hydrogen-bond donors (Lipinski definition) is 0. The van der Waals surface area contributed by atoms with Crippen molar-refractivity contribution in [1.82, 2.24) is 4.98 Å². The average molecular weight is 543 g/mol. The van der Waals surface area contributed by atoms with Gasteiger partial charge in [0.25, 0.3) is 11.4 Å². The first-order chi connectivity index (χ1) is 18.5. The summed E-state index contributed by atoms with van der Waals surface area (Å²) in [6, 6.07) is 17.3. The minimum atomic E-state index is -4.27. The Hall–Kier alpha value is -5.07. The van der Waals surface area contributed by atoms with Crippen molar-refractivity contribution in [2.45, 2.75) is 11.8 Å². The van der Waals surface area contributed by atoms with Gasteiger partial charge in [-0.1, -0.05) is 29.8 Å². The van der Waals surface area contributed by atoms with Gasteiger partial charge in [0.15, 0.2) is 12.4 Å². The van der Waals surface area contributed by atoms with Gasteiger partial charge < -0.3 is 4.55 Å². The van der Waals surface area contributed by atoms with Crippen LogP contribution in [0.1, 0.15) is 5.56 Å².